The second-order valence-electron chi connectivity index (χ2n) is 4.12. The predicted octanol–water partition coefficient (Wildman–Crippen LogP) is 1.48. The van der Waals surface area contributed by atoms with Crippen molar-refractivity contribution in [1.82, 2.24) is 9.78 Å². The molecule has 0 fully saturated rings. The largest absolute Gasteiger partial charge is 0.496 e. The first-order chi connectivity index (χ1) is 9.30. The van der Waals surface area contributed by atoms with Crippen LogP contribution in [-0.4, -0.2) is 35.7 Å². The minimum atomic E-state index is 0.0801. The number of hydrogen-bond donors (Lipinski definition) is 1. The van der Waals surface area contributed by atoms with Gasteiger partial charge in [0.25, 0.3) is 0 Å². The Hall–Kier alpha value is -2.01. The summed E-state index contributed by atoms with van der Waals surface area (Å²) < 4.78 is 12.5. The number of aromatic nitrogens is 2. The molecule has 102 valence electrons. The van der Waals surface area contributed by atoms with Crippen LogP contribution in [0.15, 0.2) is 30.5 Å². The first-order valence-corrected chi connectivity index (χ1v) is 6.11. The van der Waals surface area contributed by atoms with Crippen LogP contribution in [-0.2, 0) is 13.0 Å². The van der Waals surface area contributed by atoms with Gasteiger partial charge in [-0.25, -0.2) is 4.68 Å². The molecule has 0 saturated heterocycles. The summed E-state index contributed by atoms with van der Waals surface area (Å²) in [6.45, 7) is 0.648. The molecule has 0 spiro atoms. The van der Waals surface area contributed by atoms with E-state index in [-0.39, 0.29) is 6.61 Å². The number of para-hydroxylation sites is 1. The van der Waals surface area contributed by atoms with Crippen molar-refractivity contribution < 1.29 is 14.6 Å². The van der Waals surface area contributed by atoms with Crippen LogP contribution < -0.4 is 9.47 Å². The average molecular weight is 262 g/mol. The van der Waals surface area contributed by atoms with E-state index in [1.165, 1.54) is 0 Å². The van der Waals surface area contributed by atoms with Crippen molar-refractivity contribution >= 4 is 0 Å². The highest BCUT2D eigenvalue weighted by atomic mass is 16.5. The summed E-state index contributed by atoms with van der Waals surface area (Å²) in [5.41, 5.74) is 1.93. The molecule has 1 N–H and O–H groups in total. The summed E-state index contributed by atoms with van der Waals surface area (Å²) in [7, 11) is 3.26. The lowest BCUT2D eigenvalue weighted by atomic mass is 10.2. The Bertz CT molecular complexity index is 537. The second kappa shape index (κ2) is 6.24. The Balaban J connectivity index is 2.28. The number of ether oxygens (including phenoxy) is 2. The molecular weight excluding hydrogens is 244 g/mol. The van der Waals surface area contributed by atoms with Crippen LogP contribution in [0.1, 0.15) is 11.1 Å². The van der Waals surface area contributed by atoms with Crippen LogP contribution in [0.2, 0.25) is 0 Å². The number of aliphatic hydroxyl groups is 1. The summed E-state index contributed by atoms with van der Waals surface area (Å²) in [5.74, 6) is 1.50. The van der Waals surface area contributed by atoms with Crippen molar-refractivity contribution in [3.05, 3.63) is 41.6 Å². The SMILES string of the molecule is COc1ccccc1Cn1ncc(CCO)c1OC. The van der Waals surface area contributed by atoms with Crippen molar-refractivity contribution in [3.63, 3.8) is 0 Å². The number of benzene rings is 1. The standard InChI is InChI=1S/C14H18N2O3/c1-18-13-6-4-3-5-12(13)10-16-14(19-2)11(7-8-17)9-15-16/h3-6,9,17H,7-8,10H2,1-2H3. The van der Waals surface area contributed by atoms with Gasteiger partial charge in [-0.15, -0.1) is 0 Å². The first kappa shape index (κ1) is 13.4. The van der Waals surface area contributed by atoms with E-state index >= 15 is 0 Å². The Morgan fingerprint density at radius 1 is 1.16 bits per heavy atom. The number of methoxy groups -OCH3 is 2. The van der Waals surface area contributed by atoms with Crippen LogP contribution >= 0.6 is 0 Å². The number of nitrogens with zero attached hydrogens (tertiary/aromatic N) is 2. The van der Waals surface area contributed by atoms with Gasteiger partial charge in [0.05, 0.1) is 27.0 Å². The molecule has 0 atom stereocenters. The average Bonchev–Trinajstić information content (AvgIpc) is 2.82. The van der Waals surface area contributed by atoms with Gasteiger partial charge in [0.15, 0.2) is 0 Å². The molecular formula is C14H18N2O3. The van der Waals surface area contributed by atoms with Gasteiger partial charge in [-0.05, 0) is 6.07 Å². The van der Waals surface area contributed by atoms with E-state index < -0.39 is 0 Å². The van der Waals surface area contributed by atoms with Crippen molar-refractivity contribution in [2.24, 2.45) is 0 Å². The molecule has 0 aliphatic rings. The monoisotopic (exact) mass is 262 g/mol. The summed E-state index contributed by atoms with van der Waals surface area (Å²) >= 11 is 0. The van der Waals surface area contributed by atoms with Gasteiger partial charge in [0, 0.05) is 24.2 Å². The van der Waals surface area contributed by atoms with Crippen LogP contribution in [0.25, 0.3) is 0 Å². The van der Waals surface area contributed by atoms with E-state index in [1.54, 1.807) is 25.1 Å². The van der Waals surface area contributed by atoms with E-state index in [2.05, 4.69) is 5.10 Å². The molecule has 1 aromatic heterocycles. The molecule has 5 heteroatoms. The fraction of sp³-hybridized carbons (Fsp3) is 0.357. The third-order valence-corrected chi connectivity index (χ3v) is 2.95. The number of rotatable bonds is 6. The van der Waals surface area contributed by atoms with Crippen LogP contribution in [0.3, 0.4) is 0 Å². The third-order valence-electron chi connectivity index (χ3n) is 2.95. The zero-order chi connectivity index (χ0) is 13.7. The summed E-state index contributed by atoms with van der Waals surface area (Å²) in [5, 5.41) is 13.3. The molecule has 2 aromatic rings. The normalized spacial score (nSPS) is 10.5. The molecule has 1 heterocycles. The molecule has 1 aromatic carbocycles. The van der Waals surface area contributed by atoms with Crippen molar-refractivity contribution in [1.29, 1.82) is 0 Å². The van der Waals surface area contributed by atoms with Crippen molar-refractivity contribution in [2.75, 3.05) is 20.8 Å². The fourth-order valence-electron chi connectivity index (χ4n) is 2.05. The maximum Gasteiger partial charge on any atom is 0.215 e. The lowest BCUT2D eigenvalue weighted by Gasteiger charge is -2.11. The molecule has 19 heavy (non-hydrogen) atoms. The van der Waals surface area contributed by atoms with Gasteiger partial charge in [-0.1, -0.05) is 18.2 Å². The van der Waals surface area contributed by atoms with E-state index in [4.69, 9.17) is 14.6 Å². The van der Waals surface area contributed by atoms with Gasteiger partial charge < -0.3 is 14.6 Å². The van der Waals surface area contributed by atoms with Gasteiger partial charge in [-0.2, -0.15) is 5.10 Å². The van der Waals surface area contributed by atoms with Crippen molar-refractivity contribution in [2.45, 2.75) is 13.0 Å². The number of hydrogen-bond acceptors (Lipinski definition) is 4. The highest BCUT2D eigenvalue weighted by Gasteiger charge is 2.12. The van der Waals surface area contributed by atoms with Crippen LogP contribution in [0, 0.1) is 0 Å². The Morgan fingerprint density at radius 3 is 2.63 bits per heavy atom. The maximum atomic E-state index is 9.01. The Morgan fingerprint density at radius 2 is 1.95 bits per heavy atom. The smallest absolute Gasteiger partial charge is 0.215 e. The lowest BCUT2D eigenvalue weighted by molar-refractivity contribution is 0.295. The second-order valence-corrected chi connectivity index (χ2v) is 4.12. The molecule has 0 amide bonds. The molecule has 2 rings (SSSR count). The van der Waals surface area contributed by atoms with Crippen molar-refractivity contribution in [3.8, 4) is 11.6 Å². The molecule has 0 aliphatic heterocycles. The summed E-state index contributed by atoms with van der Waals surface area (Å²) in [6.07, 6.45) is 2.26. The third kappa shape index (κ3) is 2.88. The highest BCUT2D eigenvalue weighted by molar-refractivity contribution is 5.34. The molecule has 0 saturated carbocycles. The minimum Gasteiger partial charge on any atom is -0.496 e. The van der Waals surface area contributed by atoms with Gasteiger partial charge in [0.2, 0.25) is 5.88 Å². The van der Waals surface area contributed by atoms with Gasteiger partial charge in [-0.3, -0.25) is 0 Å². The Kier molecular flexibility index (Phi) is 4.41. The summed E-state index contributed by atoms with van der Waals surface area (Å²) in [6, 6.07) is 7.80. The van der Waals surface area contributed by atoms with Crippen LogP contribution in [0.4, 0.5) is 0 Å². The topological polar surface area (TPSA) is 56.5 Å². The quantitative estimate of drug-likeness (QED) is 0.856. The van der Waals surface area contributed by atoms with Gasteiger partial charge in [0.1, 0.15) is 5.75 Å². The first-order valence-electron chi connectivity index (χ1n) is 6.11. The Labute approximate surface area is 112 Å². The predicted molar refractivity (Wildman–Crippen MR) is 71.7 cm³/mol. The molecule has 0 bridgehead atoms. The fourth-order valence-corrected chi connectivity index (χ4v) is 2.05. The molecule has 0 aliphatic carbocycles. The zero-order valence-electron chi connectivity index (χ0n) is 11.2. The number of aliphatic hydroxyl groups excluding tert-OH is 1. The van der Waals surface area contributed by atoms with E-state index in [1.807, 2.05) is 24.3 Å². The molecule has 0 radical (unpaired) electrons. The van der Waals surface area contributed by atoms with E-state index in [0.29, 0.717) is 18.8 Å². The lowest BCUT2D eigenvalue weighted by Crippen LogP contribution is -2.06. The zero-order valence-corrected chi connectivity index (χ0v) is 11.2. The van der Waals surface area contributed by atoms with Crippen LogP contribution in [0.5, 0.6) is 11.6 Å². The van der Waals surface area contributed by atoms with E-state index in [9.17, 15) is 0 Å². The minimum absolute atomic E-state index is 0.0801. The molecule has 0 unspecified atom stereocenters. The molecule has 5 nitrogen and oxygen atoms in total. The van der Waals surface area contributed by atoms with Gasteiger partial charge >= 0.3 is 0 Å². The maximum absolute atomic E-state index is 9.01. The summed E-state index contributed by atoms with van der Waals surface area (Å²) in [4.78, 5) is 0. The highest BCUT2D eigenvalue weighted by Crippen LogP contribution is 2.23. The van der Waals surface area contributed by atoms with E-state index in [0.717, 1.165) is 16.9 Å².